The van der Waals surface area contributed by atoms with Gasteiger partial charge in [-0.15, -0.1) is 0 Å². The van der Waals surface area contributed by atoms with Crippen LogP contribution in [0.25, 0.3) is 0 Å². The van der Waals surface area contributed by atoms with Crippen LogP contribution in [-0.4, -0.2) is 33.1 Å². The van der Waals surface area contributed by atoms with Gasteiger partial charge >= 0.3 is 6.09 Å². The van der Waals surface area contributed by atoms with Crippen LogP contribution in [0.4, 0.5) is 4.79 Å². The summed E-state index contributed by atoms with van der Waals surface area (Å²) < 4.78 is 5.53. The number of rotatable bonds is 3. The molecule has 0 saturated carbocycles. The molecule has 2 atom stereocenters. The lowest BCUT2D eigenvalue weighted by Crippen LogP contribution is -2.36. The Balaban J connectivity index is 1.67. The summed E-state index contributed by atoms with van der Waals surface area (Å²) in [6.07, 6.45) is 11.3. The molecule has 0 bridgehead atoms. The van der Waals surface area contributed by atoms with Crippen LogP contribution >= 0.6 is 11.6 Å². The number of hydrogen-bond donors (Lipinski definition) is 1. The first-order valence-corrected chi connectivity index (χ1v) is 9.27. The first-order chi connectivity index (χ1) is 11.8. The predicted octanol–water partition coefficient (Wildman–Crippen LogP) is 4.72. The van der Waals surface area contributed by atoms with E-state index in [1.54, 1.807) is 4.90 Å². The number of H-pyrrole nitrogens is 1. The largest absolute Gasteiger partial charge is 0.444 e. The molecular formula is C19H26ClN3O2. The van der Waals surface area contributed by atoms with Crippen molar-refractivity contribution in [3.8, 4) is 0 Å². The Bertz CT molecular complexity index is 687. The Morgan fingerprint density at radius 3 is 3.00 bits per heavy atom. The topological polar surface area (TPSA) is 58.2 Å². The molecule has 136 valence electrons. The summed E-state index contributed by atoms with van der Waals surface area (Å²) in [4.78, 5) is 22.2. The maximum atomic E-state index is 12.4. The molecule has 6 heteroatoms. The molecule has 2 aliphatic rings. The van der Waals surface area contributed by atoms with Gasteiger partial charge in [-0.1, -0.05) is 23.8 Å². The molecular weight excluding hydrogens is 338 g/mol. The number of carbonyl (C=O) groups is 1. The maximum Gasteiger partial charge on any atom is 0.410 e. The zero-order valence-corrected chi connectivity index (χ0v) is 15.8. The molecule has 5 nitrogen and oxygen atoms in total. The molecule has 2 heterocycles. The zero-order chi connectivity index (χ0) is 18.0. The van der Waals surface area contributed by atoms with Crippen molar-refractivity contribution in [2.45, 2.75) is 58.1 Å². The molecule has 25 heavy (non-hydrogen) atoms. The molecule has 1 aromatic rings. The lowest BCUT2D eigenvalue weighted by atomic mass is 9.96. The number of amides is 1. The molecule has 1 aliphatic carbocycles. The highest BCUT2D eigenvalue weighted by Crippen LogP contribution is 2.32. The third-order valence-electron chi connectivity index (χ3n) is 4.51. The molecule has 3 rings (SSSR count). The fraction of sp³-hybridized carbons (Fsp3) is 0.579. The van der Waals surface area contributed by atoms with Crippen LogP contribution in [-0.2, 0) is 11.2 Å². The average molecular weight is 364 g/mol. The van der Waals surface area contributed by atoms with Crippen molar-refractivity contribution < 1.29 is 9.53 Å². The van der Waals surface area contributed by atoms with E-state index in [4.69, 9.17) is 16.3 Å². The fourth-order valence-electron chi connectivity index (χ4n) is 3.34. The minimum Gasteiger partial charge on any atom is -0.444 e. The molecule has 2 unspecified atom stereocenters. The first-order valence-electron chi connectivity index (χ1n) is 8.89. The van der Waals surface area contributed by atoms with Gasteiger partial charge in [0, 0.05) is 29.4 Å². The molecule has 1 amide bonds. The predicted molar refractivity (Wildman–Crippen MR) is 98.4 cm³/mol. The molecule has 1 aliphatic heterocycles. The third-order valence-corrected chi connectivity index (χ3v) is 4.95. The summed E-state index contributed by atoms with van der Waals surface area (Å²) in [5.74, 6) is 1.13. The van der Waals surface area contributed by atoms with Gasteiger partial charge in [-0.3, -0.25) is 4.90 Å². The van der Waals surface area contributed by atoms with Crippen molar-refractivity contribution in [3.05, 3.63) is 41.0 Å². The second kappa shape index (κ2) is 7.24. The van der Waals surface area contributed by atoms with E-state index in [9.17, 15) is 4.79 Å². The second-order valence-electron chi connectivity index (χ2n) is 7.74. The van der Waals surface area contributed by atoms with Gasteiger partial charge in [0.1, 0.15) is 11.4 Å². The van der Waals surface area contributed by atoms with E-state index in [1.807, 2.05) is 39.1 Å². The molecule has 1 saturated heterocycles. The van der Waals surface area contributed by atoms with E-state index in [2.05, 4.69) is 16.0 Å². The van der Waals surface area contributed by atoms with Gasteiger partial charge in [0.05, 0.1) is 6.04 Å². The van der Waals surface area contributed by atoms with Crippen LogP contribution in [0.1, 0.15) is 57.6 Å². The number of allylic oxidation sites excluding steroid dienone is 4. The van der Waals surface area contributed by atoms with Crippen LogP contribution in [0, 0.1) is 5.92 Å². The van der Waals surface area contributed by atoms with Crippen molar-refractivity contribution in [2.75, 3.05) is 6.54 Å². The Morgan fingerprint density at radius 1 is 1.48 bits per heavy atom. The van der Waals surface area contributed by atoms with Crippen molar-refractivity contribution in [3.63, 3.8) is 0 Å². The zero-order valence-electron chi connectivity index (χ0n) is 15.1. The second-order valence-corrected chi connectivity index (χ2v) is 8.18. The van der Waals surface area contributed by atoms with Gasteiger partial charge in [-0.25, -0.2) is 9.78 Å². The summed E-state index contributed by atoms with van der Waals surface area (Å²) in [5.41, 5.74) is 0.564. The van der Waals surface area contributed by atoms with E-state index in [-0.39, 0.29) is 12.1 Å². The summed E-state index contributed by atoms with van der Waals surface area (Å²) in [7, 11) is 0. The smallest absolute Gasteiger partial charge is 0.410 e. The molecule has 1 N–H and O–H groups in total. The Labute approximate surface area is 154 Å². The Morgan fingerprint density at radius 2 is 2.28 bits per heavy atom. The summed E-state index contributed by atoms with van der Waals surface area (Å²) >= 11 is 6.30. The lowest BCUT2D eigenvalue weighted by Gasteiger charge is -2.27. The number of likely N-dealkylation sites (tertiary alicyclic amines) is 1. The molecule has 0 radical (unpaired) electrons. The minimum atomic E-state index is -0.490. The number of aromatic amines is 1. The fourth-order valence-corrected chi connectivity index (χ4v) is 3.58. The van der Waals surface area contributed by atoms with Crippen LogP contribution in [0.15, 0.2) is 29.5 Å². The van der Waals surface area contributed by atoms with Gasteiger partial charge in [0.25, 0.3) is 0 Å². The number of hydrogen-bond acceptors (Lipinski definition) is 3. The molecule has 1 fully saturated rings. The number of nitrogens with zero attached hydrogens (tertiary/aromatic N) is 2. The van der Waals surface area contributed by atoms with Crippen LogP contribution < -0.4 is 0 Å². The summed E-state index contributed by atoms with van der Waals surface area (Å²) in [5, 5.41) is 0.884. The van der Waals surface area contributed by atoms with E-state index in [0.29, 0.717) is 12.5 Å². The number of nitrogens with one attached hydrogen (secondary N) is 1. The normalized spacial score (nSPS) is 23.7. The molecule has 0 spiro atoms. The highest BCUT2D eigenvalue weighted by Gasteiger charge is 2.34. The quantitative estimate of drug-likeness (QED) is 0.845. The average Bonchev–Trinajstić information content (AvgIpc) is 3.16. The molecule has 1 aromatic heterocycles. The monoisotopic (exact) mass is 363 g/mol. The van der Waals surface area contributed by atoms with E-state index >= 15 is 0 Å². The van der Waals surface area contributed by atoms with Crippen LogP contribution in [0.5, 0.6) is 0 Å². The highest BCUT2D eigenvalue weighted by atomic mass is 35.5. The third kappa shape index (κ3) is 4.46. The summed E-state index contributed by atoms with van der Waals surface area (Å²) in [6, 6.07) is -0.0409. The minimum absolute atomic E-state index is 0.0409. The van der Waals surface area contributed by atoms with Crippen molar-refractivity contribution in [1.82, 2.24) is 14.9 Å². The van der Waals surface area contributed by atoms with Crippen molar-refractivity contribution in [2.24, 2.45) is 5.92 Å². The number of aromatic nitrogens is 2. The van der Waals surface area contributed by atoms with Crippen LogP contribution in [0.2, 0.25) is 0 Å². The number of ether oxygens (including phenoxy) is 1. The lowest BCUT2D eigenvalue weighted by molar-refractivity contribution is 0.0218. The van der Waals surface area contributed by atoms with E-state index in [0.717, 1.165) is 42.2 Å². The van der Waals surface area contributed by atoms with E-state index in [1.165, 1.54) is 0 Å². The van der Waals surface area contributed by atoms with Gasteiger partial charge in [-0.05, 0) is 52.5 Å². The standard InChI is InChI=1S/C19H26ClN3O2/c1-19(2,3)25-18(24)23-10-6-9-16(23)17-21-12-14(22-17)11-13-7-4-5-8-15(13)20/h4-5,8,12-13,16H,6-7,9-11H2,1-3H3,(H,21,22). The van der Waals surface area contributed by atoms with Gasteiger partial charge < -0.3 is 9.72 Å². The van der Waals surface area contributed by atoms with Gasteiger partial charge in [-0.2, -0.15) is 0 Å². The van der Waals surface area contributed by atoms with Gasteiger partial charge in [0.15, 0.2) is 0 Å². The van der Waals surface area contributed by atoms with Gasteiger partial charge in [0.2, 0.25) is 0 Å². The Hall–Kier alpha value is -1.75. The molecule has 0 aromatic carbocycles. The first kappa shape index (κ1) is 18.1. The Kier molecular flexibility index (Phi) is 5.23. The SMILES string of the molecule is CC(C)(C)OC(=O)N1CCCC1c1ncc(CC2CC=CC=C2Cl)[nH]1. The van der Waals surface area contributed by atoms with Crippen LogP contribution in [0.3, 0.4) is 0 Å². The summed E-state index contributed by atoms with van der Waals surface area (Å²) in [6.45, 7) is 6.36. The van der Waals surface area contributed by atoms with E-state index < -0.39 is 5.60 Å². The maximum absolute atomic E-state index is 12.4. The van der Waals surface area contributed by atoms with Crippen molar-refractivity contribution >= 4 is 17.7 Å². The van der Waals surface area contributed by atoms with Crippen molar-refractivity contribution in [1.29, 1.82) is 0 Å². The number of halogens is 1. The number of carbonyl (C=O) groups excluding carboxylic acids is 1. The number of imidazole rings is 1. The highest BCUT2D eigenvalue weighted by molar-refractivity contribution is 6.30.